The summed E-state index contributed by atoms with van der Waals surface area (Å²) in [4.78, 5) is 12.4. The van der Waals surface area contributed by atoms with Crippen LogP contribution >= 0.6 is 0 Å². The van der Waals surface area contributed by atoms with Crippen LogP contribution in [0.25, 0.3) is 6.08 Å². The predicted molar refractivity (Wildman–Crippen MR) is 120 cm³/mol. The SMILES string of the molecule is Cc1cc(C)cc(COc2ccc(/C=C(\C#N)C(=O)Nc3cccc(C)c3)cc2)c1. The monoisotopic (exact) mass is 396 g/mol. The Hall–Kier alpha value is -3.84. The topological polar surface area (TPSA) is 62.1 Å². The van der Waals surface area contributed by atoms with E-state index in [1.54, 1.807) is 12.1 Å². The van der Waals surface area contributed by atoms with E-state index in [9.17, 15) is 10.1 Å². The van der Waals surface area contributed by atoms with Gasteiger partial charge < -0.3 is 10.1 Å². The number of nitrogens with one attached hydrogen (secondary N) is 1. The molecule has 0 heterocycles. The van der Waals surface area contributed by atoms with Crippen LogP contribution in [0, 0.1) is 32.1 Å². The molecule has 0 saturated carbocycles. The lowest BCUT2D eigenvalue weighted by molar-refractivity contribution is -0.112. The molecular formula is C26H24N2O2. The number of ether oxygens (including phenoxy) is 1. The van der Waals surface area contributed by atoms with Gasteiger partial charge in [0.2, 0.25) is 0 Å². The van der Waals surface area contributed by atoms with E-state index >= 15 is 0 Å². The summed E-state index contributed by atoms with van der Waals surface area (Å²) in [6.45, 7) is 6.57. The Kier molecular flexibility index (Phi) is 6.67. The molecule has 3 rings (SSSR count). The minimum absolute atomic E-state index is 0.0420. The maximum atomic E-state index is 12.4. The number of hydrogen-bond donors (Lipinski definition) is 1. The smallest absolute Gasteiger partial charge is 0.266 e. The van der Waals surface area contributed by atoms with E-state index in [1.807, 2.05) is 55.5 Å². The molecule has 4 heteroatoms. The second kappa shape index (κ2) is 9.58. The van der Waals surface area contributed by atoms with Crippen molar-refractivity contribution in [3.05, 3.63) is 100 Å². The molecule has 0 aliphatic heterocycles. The number of nitriles is 1. The Morgan fingerprint density at radius 2 is 1.67 bits per heavy atom. The van der Waals surface area contributed by atoms with Crippen LogP contribution in [0.2, 0.25) is 0 Å². The van der Waals surface area contributed by atoms with E-state index in [4.69, 9.17) is 4.74 Å². The summed E-state index contributed by atoms with van der Waals surface area (Å²) in [5.41, 5.74) is 6.04. The zero-order chi connectivity index (χ0) is 21.5. The van der Waals surface area contributed by atoms with Crippen molar-refractivity contribution in [2.45, 2.75) is 27.4 Å². The van der Waals surface area contributed by atoms with Crippen LogP contribution in [0.3, 0.4) is 0 Å². The summed E-state index contributed by atoms with van der Waals surface area (Å²) < 4.78 is 5.86. The van der Waals surface area contributed by atoms with Gasteiger partial charge in [-0.3, -0.25) is 4.79 Å². The molecule has 30 heavy (non-hydrogen) atoms. The Bertz CT molecular complexity index is 1100. The van der Waals surface area contributed by atoms with Crippen LogP contribution in [-0.2, 0) is 11.4 Å². The second-order valence-corrected chi connectivity index (χ2v) is 7.35. The van der Waals surface area contributed by atoms with Crippen LogP contribution in [0.5, 0.6) is 5.75 Å². The summed E-state index contributed by atoms with van der Waals surface area (Å²) in [6, 6.07) is 23.1. The van der Waals surface area contributed by atoms with E-state index < -0.39 is 5.91 Å². The first-order valence-corrected chi connectivity index (χ1v) is 9.73. The molecule has 0 aromatic heterocycles. The van der Waals surface area contributed by atoms with Crippen LogP contribution in [-0.4, -0.2) is 5.91 Å². The van der Waals surface area contributed by atoms with Crippen LogP contribution < -0.4 is 10.1 Å². The van der Waals surface area contributed by atoms with E-state index in [1.165, 1.54) is 11.1 Å². The number of carbonyl (C=O) groups excluding carboxylic acids is 1. The molecule has 0 aliphatic rings. The van der Waals surface area contributed by atoms with Crippen molar-refractivity contribution in [1.29, 1.82) is 5.26 Å². The lowest BCUT2D eigenvalue weighted by Gasteiger charge is -2.09. The van der Waals surface area contributed by atoms with Crippen molar-refractivity contribution in [2.75, 3.05) is 5.32 Å². The third-order valence-corrected chi connectivity index (χ3v) is 4.52. The summed E-state index contributed by atoms with van der Waals surface area (Å²) >= 11 is 0. The van der Waals surface area contributed by atoms with Crippen molar-refractivity contribution in [3.63, 3.8) is 0 Å². The normalized spacial score (nSPS) is 10.9. The first-order chi connectivity index (χ1) is 14.4. The van der Waals surface area contributed by atoms with E-state index in [0.29, 0.717) is 12.3 Å². The van der Waals surface area contributed by atoms with Gasteiger partial charge in [0.1, 0.15) is 24.0 Å². The quantitative estimate of drug-likeness (QED) is 0.427. The van der Waals surface area contributed by atoms with Crippen molar-refractivity contribution in [2.24, 2.45) is 0 Å². The van der Waals surface area contributed by atoms with Gasteiger partial charge >= 0.3 is 0 Å². The summed E-state index contributed by atoms with van der Waals surface area (Å²) in [5, 5.41) is 12.2. The number of benzene rings is 3. The number of rotatable bonds is 6. The zero-order valence-electron chi connectivity index (χ0n) is 17.4. The number of anilines is 1. The van der Waals surface area contributed by atoms with Gasteiger partial charge in [0.15, 0.2) is 0 Å². The molecule has 0 atom stereocenters. The molecule has 3 aromatic rings. The number of carbonyl (C=O) groups is 1. The highest BCUT2D eigenvalue weighted by atomic mass is 16.5. The van der Waals surface area contributed by atoms with Gasteiger partial charge in [0.25, 0.3) is 5.91 Å². The minimum Gasteiger partial charge on any atom is -0.489 e. The first-order valence-electron chi connectivity index (χ1n) is 9.73. The summed E-state index contributed by atoms with van der Waals surface area (Å²) in [5.74, 6) is 0.298. The van der Waals surface area contributed by atoms with Crippen molar-refractivity contribution >= 4 is 17.7 Å². The fourth-order valence-electron chi connectivity index (χ4n) is 3.22. The largest absolute Gasteiger partial charge is 0.489 e. The van der Waals surface area contributed by atoms with Crippen LogP contribution in [0.15, 0.2) is 72.3 Å². The molecule has 4 nitrogen and oxygen atoms in total. The lowest BCUT2D eigenvalue weighted by Crippen LogP contribution is -2.13. The number of amides is 1. The van der Waals surface area contributed by atoms with Gasteiger partial charge in [0.05, 0.1) is 0 Å². The number of aryl methyl sites for hydroxylation is 3. The Labute approximate surface area is 177 Å². The Morgan fingerprint density at radius 1 is 0.967 bits per heavy atom. The van der Waals surface area contributed by atoms with Gasteiger partial charge in [0, 0.05) is 5.69 Å². The maximum Gasteiger partial charge on any atom is 0.266 e. The molecule has 0 radical (unpaired) electrons. The average Bonchev–Trinajstić information content (AvgIpc) is 2.70. The zero-order valence-corrected chi connectivity index (χ0v) is 17.4. The van der Waals surface area contributed by atoms with E-state index in [-0.39, 0.29) is 5.57 Å². The van der Waals surface area contributed by atoms with Crippen LogP contribution in [0.1, 0.15) is 27.8 Å². The molecule has 3 aromatic carbocycles. The molecular weight excluding hydrogens is 372 g/mol. The van der Waals surface area contributed by atoms with Crippen LogP contribution in [0.4, 0.5) is 5.69 Å². The van der Waals surface area contributed by atoms with Crippen molar-refractivity contribution in [1.82, 2.24) is 0 Å². The third kappa shape index (κ3) is 5.83. The van der Waals surface area contributed by atoms with Gasteiger partial charge in [-0.05, 0) is 67.8 Å². The third-order valence-electron chi connectivity index (χ3n) is 4.52. The molecule has 0 saturated heterocycles. The highest BCUT2D eigenvalue weighted by Crippen LogP contribution is 2.18. The summed E-state index contributed by atoms with van der Waals surface area (Å²) in [6.07, 6.45) is 1.57. The van der Waals surface area contributed by atoms with Gasteiger partial charge in [-0.2, -0.15) is 5.26 Å². The molecule has 1 N–H and O–H groups in total. The maximum absolute atomic E-state index is 12.4. The molecule has 0 fully saturated rings. The lowest BCUT2D eigenvalue weighted by atomic mass is 10.1. The van der Waals surface area contributed by atoms with Crippen molar-refractivity contribution in [3.8, 4) is 11.8 Å². The second-order valence-electron chi connectivity index (χ2n) is 7.35. The number of nitrogens with zero attached hydrogens (tertiary/aromatic N) is 1. The Morgan fingerprint density at radius 3 is 2.30 bits per heavy atom. The van der Waals surface area contributed by atoms with E-state index in [2.05, 4.69) is 37.4 Å². The highest BCUT2D eigenvalue weighted by molar-refractivity contribution is 6.09. The molecule has 0 aliphatic carbocycles. The summed E-state index contributed by atoms with van der Waals surface area (Å²) in [7, 11) is 0. The number of hydrogen-bond acceptors (Lipinski definition) is 3. The van der Waals surface area contributed by atoms with Gasteiger partial charge in [-0.1, -0.05) is 53.6 Å². The average molecular weight is 396 g/mol. The first kappa shape index (κ1) is 20.9. The minimum atomic E-state index is -0.432. The van der Waals surface area contributed by atoms with Crippen molar-refractivity contribution < 1.29 is 9.53 Å². The molecule has 0 bridgehead atoms. The van der Waals surface area contributed by atoms with E-state index in [0.717, 1.165) is 22.4 Å². The highest BCUT2D eigenvalue weighted by Gasteiger charge is 2.09. The molecule has 0 unspecified atom stereocenters. The van der Waals surface area contributed by atoms with Gasteiger partial charge in [-0.25, -0.2) is 0 Å². The Balaban J connectivity index is 1.65. The standard InChI is InChI=1S/C26H24N2O2/c1-18-5-4-6-24(14-18)28-26(29)23(16-27)15-21-7-9-25(10-8-21)30-17-22-12-19(2)11-20(3)13-22/h4-15H,17H2,1-3H3,(H,28,29)/b23-15+. The molecule has 0 spiro atoms. The fourth-order valence-corrected chi connectivity index (χ4v) is 3.22. The predicted octanol–water partition coefficient (Wildman–Crippen LogP) is 5.74. The molecule has 150 valence electrons. The van der Waals surface area contributed by atoms with Gasteiger partial charge in [-0.15, -0.1) is 0 Å². The fraction of sp³-hybridized carbons (Fsp3) is 0.154. The molecule has 1 amide bonds.